The van der Waals surface area contributed by atoms with E-state index in [-0.39, 0.29) is 25.3 Å². The van der Waals surface area contributed by atoms with Gasteiger partial charge >= 0.3 is 18.6 Å². The monoisotopic (exact) mass is 450 g/mol. The molecule has 4 rings (SSSR count). The molecular weight excluding hydrogens is 433 g/mol. The molecule has 0 N–H and O–H groups in total. The molecule has 1 aliphatic rings. The maximum Gasteiger partial charge on any atom is 0.387 e. The van der Waals surface area contributed by atoms with Crippen LogP contribution in [0.3, 0.4) is 0 Å². The summed E-state index contributed by atoms with van der Waals surface area (Å²) in [6.07, 6.45) is 3.30. The highest BCUT2D eigenvalue weighted by molar-refractivity contribution is 5.80. The highest BCUT2D eigenvalue weighted by Gasteiger charge is 2.26. The van der Waals surface area contributed by atoms with Crippen molar-refractivity contribution in [2.75, 3.05) is 0 Å². The highest BCUT2D eigenvalue weighted by Crippen LogP contribution is 2.29. The molecule has 0 radical (unpaired) electrons. The number of hydrogen-bond acceptors (Lipinski definition) is 7. The summed E-state index contributed by atoms with van der Waals surface area (Å²) in [6, 6.07) is 3.59. The third-order valence-corrected chi connectivity index (χ3v) is 4.70. The number of alkyl halides is 2. The summed E-state index contributed by atoms with van der Waals surface area (Å²) in [4.78, 5) is 29.7. The average molecular weight is 450 g/mol. The standard InChI is InChI=1S/C20H17F3N4O5/c1-2-13-15(25-27-19(13)31-17(28)5-6-18(29)32-27)10-26-9-12(8-24-26)11-3-4-14(21)16(7-11)30-20(22)23/h3-4,7-9,20H,2,5-6,10H2,1H3. The first-order valence-corrected chi connectivity index (χ1v) is 9.63. The Labute approximate surface area is 179 Å². The number of hydrogen-bond donors (Lipinski definition) is 0. The van der Waals surface area contributed by atoms with Crippen molar-refractivity contribution >= 4 is 11.9 Å². The van der Waals surface area contributed by atoms with Crippen molar-refractivity contribution in [1.29, 1.82) is 0 Å². The number of nitrogens with zero attached hydrogens (tertiary/aromatic N) is 4. The third kappa shape index (κ3) is 4.43. The molecular formula is C20H17F3N4O5. The Morgan fingerprint density at radius 1 is 1.19 bits per heavy atom. The number of carbonyl (C=O) groups is 2. The Hall–Kier alpha value is -3.83. The zero-order chi connectivity index (χ0) is 22.8. The molecule has 3 aromatic rings. The summed E-state index contributed by atoms with van der Waals surface area (Å²) in [5, 5.41) is 8.45. The smallest absolute Gasteiger partial charge is 0.387 e. The predicted octanol–water partition coefficient (Wildman–Crippen LogP) is 2.75. The average Bonchev–Trinajstić information content (AvgIpc) is 3.32. The lowest BCUT2D eigenvalue weighted by molar-refractivity contribution is -0.153. The van der Waals surface area contributed by atoms with Gasteiger partial charge in [-0.1, -0.05) is 17.8 Å². The maximum atomic E-state index is 13.7. The van der Waals surface area contributed by atoms with Crippen molar-refractivity contribution in [2.45, 2.75) is 39.3 Å². The molecule has 12 heteroatoms. The van der Waals surface area contributed by atoms with Crippen LogP contribution in [0.25, 0.3) is 11.1 Å². The molecule has 0 spiro atoms. The van der Waals surface area contributed by atoms with Crippen LogP contribution in [-0.2, 0) is 22.6 Å². The summed E-state index contributed by atoms with van der Waals surface area (Å²) in [7, 11) is 0. The number of esters is 1. The van der Waals surface area contributed by atoms with Gasteiger partial charge in [-0.15, -0.1) is 5.10 Å². The zero-order valence-corrected chi connectivity index (χ0v) is 16.8. The van der Waals surface area contributed by atoms with Crippen LogP contribution in [0.4, 0.5) is 13.2 Å². The second kappa shape index (κ2) is 8.73. The van der Waals surface area contributed by atoms with E-state index in [1.807, 2.05) is 6.92 Å². The van der Waals surface area contributed by atoms with Crippen LogP contribution in [0.15, 0.2) is 30.6 Å². The number of aromatic nitrogens is 4. The second-order valence-electron chi connectivity index (χ2n) is 6.84. The van der Waals surface area contributed by atoms with Crippen molar-refractivity contribution < 1.29 is 37.1 Å². The lowest BCUT2D eigenvalue weighted by Crippen LogP contribution is -2.27. The van der Waals surface area contributed by atoms with Crippen LogP contribution < -0.4 is 14.3 Å². The van der Waals surface area contributed by atoms with Gasteiger partial charge in [-0.25, -0.2) is 9.18 Å². The first kappa shape index (κ1) is 21.4. The molecule has 0 bridgehead atoms. The van der Waals surface area contributed by atoms with Crippen LogP contribution in [0.5, 0.6) is 11.6 Å². The fraction of sp³-hybridized carbons (Fsp3) is 0.300. The van der Waals surface area contributed by atoms with Crippen molar-refractivity contribution in [3.8, 4) is 22.8 Å². The summed E-state index contributed by atoms with van der Waals surface area (Å²) in [6.45, 7) is -1.19. The quantitative estimate of drug-likeness (QED) is 0.533. The number of fused-ring (bicyclic) bond motifs is 1. The van der Waals surface area contributed by atoms with E-state index < -0.39 is 30.1 Å². The molecule has 0 fully saturated rings. The minimum atomic E-state index is -3.15. The van der Waals surface area contributed by atoms with Crippen molar-refractivity contribution in [3.63, 3.8) is 0 Å². The van der Waals surface area contributed by atoms with Crippen molar-refractivity contribution in [3.05, 3.63) is 47.7 Å². The van der Waals surface area contributed by atoms with Gasteiger partial charge in [0, 0.05) is 17.3 Å². The zero-order valence-electron chi connectivity index (χ0n) is 16.8. The second-order valence-corrected chi connectivity index (χ2v) is 6.84. The first-order chi connectivity index (χ1) is 15.3. The van der Waals surface area contributed by atoms with Crippen molar-refractivity contribution in [2.24, 2.45) is 0 Å². The molecule has 2 aromatic heterocycles. The molecule has 3 heterocycles. The lowest BCUT2D eigenvalue weighted by Gasteiger charge is -2.11. The van der Waals surface area contributed by atoms with E-state index in [0.717, 1.165) is 17.0 Å². The van der Waals surface area contributed by atoms with Crippen LogP contribution in [0.2, 0.25) is 0 Å². The third-order valence-electron chi connectivity index (χ3n) is 4.70. The number of halogens is 3. The fourth-order valence-corrected chi connectivity index (χ4v) is 3.23. The molecule has 32 heavy (non-hydrogen) atoms. The number of rotatable bonds is 6. The minimum absolute atomic E-state index is 0.0419. The van der Waals surface area contributed by atoms with Gasteiger partial charge in [0.25, 0.3) is 5.88 Å². The van der Waals surface area contributed by atoms with E-state index in [1.54, 1.807) is 6.20 Å². The summed E-state index contributed by atoms with van der Waals surface area (Å²) < 4.78 is 49.6. The number of benzene rings is 1. The Morgan fingerprint density at radius 3 is 2.72 bits per heavy atom. The fourth-order valence-electron chi connectivity index (χ4n) is 3.23. The number of carbonyl (C=O) groups excluding carboxylic acids is 2. The molecule has 9 nitrogen and oxygen atoms in total. The first-order valence-electron chi connectivity index (χ1n) is 9.63. The molecule has 0 unspecified atom stereocenters. The van der Waals surface area contributed by atoms with Gasteiger partial charge in [0.2, 0.25) is 0 Å². The van der Waals surface area contributed by atoms with Gasteiger partial charge in [0.1, 0.15) is 0 Å². The van der Waals surface area contributed by atoms with Gasteiger partial charge in [0.15, 0.2) is 11.6 Å². The van der Waals surface area contributed by atoms with Gasteiger partial charge < -0.3 is 14.3 Å². The molecule has 1 aromatic carbocycles. The van der Waals surface area contributed by atoms with Crippen LogP contribution >= 0.6 is 0 Å². The topological polar surface area (TPSA) is 97.5 Å². The summed E-state index contributed by atoms with van der Waals surface area (Å²) in [5.41, 5.74) is 1.97. The van der Waals surface area contributed by atoms with Gasteiger partial charge in [-0.3, -0.25) is 9.48 Å². The Bertz CT molecular complexity index is 1170. The van der Waals surface area contributed by atoms with Crippen LogP contribution in [0.1, 0.15) is 31.0 Å². The highest BCUT2D eigenvalue weighted by atomic mass is 19.3. The van der Waals surface area contributed by atoms with E-state index >= 15 is 0 Å². The van der Waals surface area contributed by atoms with E-state index in [4.69, 9.17) is 9.57 Å². The normalized spacial score (nSPS) is 13.9. The van der Waals surface area contributed by atoms with Gasteiger partial charge in [0.05, 0.1) is 31.3 Å². The van der Waals surface area contributed by atoms with Gasteiger partial charge in [-0.2, -0.15) is 13.9 Å². The van der Waals surface area contributed by atoms with Crippen LogP contribution in [0, 0.1) is 5.82 Å². The Kier molecular flexibility index (Phi) is 5.84. The Morgan fingerprint density at radius 2 is 1.97 bits per heavy atom. The minimum Gasteiger partial charge on any atom is -0.432 e. The van der Waals surface area contributed by atoms with E-state index in [0.29, 0.717) is 28.8 Å². The molecule has 0 atom stereocenters. The van der Waals surface area contributed by atoms with Gasteiger partial charge in [-0.05, 0) is 24.1 Å². The summed E-state index contributed by atoms with van der Waals surface area (Å²) in [5.74, 6) is -2.62. The summed E-state index contributed by atoms with van der Waals surface area (Å²) >= 11 is 0. The predicted molar refractivity (Wildman–Crippen MR) is 101 cm³/mol. The molecule has 0 saturated heterocycles. The Balaban J connectivity index is 1.61. The molecule has 0 saturated carbocycles. The lowest BCUT2D eigenvalue weighted by atomic mass is 10.1. The van der Waals surface area contributed by atoms with E-state index in [9.17, 15) is 22.8 Å². The van der Waals surface area contributed by atoms with Crippen molar-refractivity contribution in [1.82, 2.24) is 19.7 Å². The number of ether oxygens (including phenoxy) is 2. The molecule has 168 valence electrons. The molecule has 0 aliphatic carbocycles. The van der Waals surface area contributed by atoms with E-state index in [1.165, 1.54) is 16.9 Å². The van der Waals surface area contributed by atoms with E-state index in [2.05, 4.69) is 14.9 Å². The molecule has 0 amide bonds. The molecule has 1 aliphatic heterocycles. The largest absolute Gasteiger partial charge is 0.432 e. The SMILES string of the molecule is CCc1c(Cn2cc(-c3ccc(F)c(OC(F)F)c3)cn2)nn2c1OC(=O)CCC(=O)O2. The van der Waals surface area contributed by atoms with Crippen LogP contribution in [-0.4, -0.2) is 38.3 Å². The maximum absolute atomic E-state index is 13.7.